The van der Waals surface area contributed by atoms with E-state index in [9.17, 15) is 13.2 Å². The Labute approximate surface area is 68.8 Å². The van der Waals surface area contributed by atoms with E-state index in [0.717, 1.165) is 10.8 Å². The van der Waals surface area contributed by atoms with Crippen molar-refractivity contribution in [2.75, 3.05) is 11.5 Å². The van der Waals surface area contributed by atoms with Gasteiger partial charge in [-0.1, -0.05) is 0 Å². The zero-order valence-electron chi connectivity index (χ0n) is 6.03. The molecule has 0 spiro atoms. The second-order valence-corrected chi connectivity index (χ2v) is 7.05. The van der Waals surface area contributed by atoms with E-state index in [0.29, 0.717) is 0 Å². The molecule has 0 unspecified atom stereocenters. The fraction of sp³-hybridized carbons (Fsp3) is 0.800. The van der Waals surface area contributed by atoms with Gasteiger partial charge in [-0.3, -0.25) is 4.79 Å². The second-order valence-electron chi connectivity index (χ2n) is 2.89. The van der Waals surface area contributed by atoms with Crippen molar-refractivity contribution in [2.24, 2.45) is 11.1 Å². The van der Waals surface area contributed by atoms with Gasteiger partial charge >= 0.3 is 0 Å². The molecule has 0 radical (unpaired) electrons. The quantitative estimate of drug-likeness (QED) is 0.575. The van der Waals surface area contributed by atoms with Crippen LogP contribution in [0.3, 0.4) is 0 Å². The molecule has 2 N–H and O–H groups in total. The van der Waals surface area contributed by atoms with Gasteiger partial charge in [0.1, 0.15) is 0 Å². The highest BCUT2D eigenvalue weighted by atomic mass is 33.1. The van der Waals surface area contributed by atoms with Gasteiger partial charge in [-0.25, -0.2) is 8.42 Å². The van der Waals surface area contributed by atoms with Gasteiger partial charge in [-0.05, 0) is 17.7 Å². The molecule has 0 bridgehead atoms. The molecule has 1 atom stereocenters. The highest BCUT2D eigenvalue weighted by molar-refractivity contribution is 8.72. The summed E-state index contributed by atoms with van der Waals surface area (Å²) in [7, 11) is -2.28. The van der Waals surface area contributed by atoms with Crippen LogP contribution in [0.1, 0.15) is 6.92 Å². The van der Waals surface area contributed by atoms with Gasteiger partial charge in [0, 0.05) is 5.75 Å². The van der Waals surface area contributed by atoms with Gasteiger partial charge in [0.25, 0.3) is 0 Å². The topological polar surface area (TPSA) is 77.2 Å². The number of primary amides is 1. The number of amides is 1. The smallest absolute Gasteiger partial charge is 0.225 e. The Morgan fingerprint density at radius 2 is 2.18 bits per heavy atom. The molecule has 1 amide bonds. The highest BCUT2D eigenvalue weighted by Crippen LogP contribution is 2.37. The molecule has 1 aliphatic heterocycles. The molecular formula is C5H9NO3S2. The van der Waals surface area contributed by atoms with Gasteiger partial charge in [-0.2, -0.15) is 0 Å². The molecule has 1 fully saturated rings. The molecule has 64 valence electrons. The molecule has 1 rings (SSSR count). The van der Waals surface area contributed by atoms with Crippen molar-refractivity contribution in [3.8, 4) is 0 Å². The molecule has 0 saturated carbocycles. The van der Waals surface area contributed by atoms with Crippen molar-refractivity contribution in [3.63, 3.8) is 0 Å². The summed E-state index contributed by atoms with van der Waals surface area (Å²) >= 11 is 0. The van der Waals surface area contributed by atoms with Gasteiger partial charge < -0.3 is 5.73 Å². The average molecular weight is 195 g/mol. The van der Waals surface area contributed by atoms with E-state index in [1.54, 1.807) is 6.92 Å². The van der Waals surface area contributed by atoms with E-state index in [-0.39, 0.29) is 11.5 Å². The SMILES string of the molecule is C[C@@]1(C(N)=O)CSS(=O)(=O)C1. The summed E-state index contributed by atoms with van der Waals surface area (Å²) in [6, 6.07) is 0. The summed E-state index contributed by atoms with van der Waals surface area (Å²) in [5.41, 5.74) is 4.18. The lowest BCUT2D eigenvalue weighted by Gasteiger charge is -2.14. The van der Waals surface area contributed by atoms with Crippen molar-refractivity contribution < 1.29 is 13.2 Å². The predicted octanol–water partition coefficient (Wildman–Crippen LogP) is -0.445. The molecular weight excluding hydrogens is 186 g/mol. The van der Waals surface area contributed by atoms with Crippen LogP contribution in [0.2, 0.25) is 0 Å². The van der Waals surface area contributed by atoms with Crippen LogP contribution in [0.5, 0.6) is 0 Å². The summed E-state index contributed by atoms with van der Waals surface area (Å²) in [6.45, 7) is 1.58. The maximum absolute atomic E-state index is 10.9. The molecule has 0 aromatic carbocycles. The highest BCUT2D eigenvalue weighted by Gasteiger charge is 2.43. The lowest BCUT2D eigenvalue weighted by Crippen LogP contribution is -2.37. The average Bonchev–Trinajstić information content (AvgIpc) is 2.08. The third-order valence-corrected chi connectivity index (χ3v) is 5.54. The first-order valence-electron chi connectivity index (χ1n) is 3.03. The number of hydrogen-bond donors (Lipinski definition) is 1. The minimum atomic E-state index is -3.08. The molecule has 0 aliphatic carbocycles. The van der Waals surface area contributed by atoms with Crippen molar-refractivity contribution in [3.05, 3.63) is 0 Å². The monoisotopic (exact) mass is 195 g/mol. The minimum absolute atomic E-state index is 0.125. The number of hydrogen-bond acceptors (Lipinski definition) is 4. The number of nitrogens with two attached hydrogens (primary N) is 1. The maximum atomic E-state index is 10.9. The standard InChI is InChI=1S/C5H9NO3S2/c1-5(4(6)7)2-10-11(8,9)3-5/h2-3H2,1H3,(H2,6,7)/t5-/m1/s1. The summed E-state index contributed by atoms with van der Waals surface area (Å²) in [5, 5.41) is 0. The molecule has 1 heterocycles. The Hall–Kier alpha value is -0.230. The Morgan fingerprint density at radius 3 is 2.36 bits per heavy atom. The minimum Gasteiger partial charge on any atom is -0.369 e. The van der Waals surface area contributed by atoms with Gasteiger partial charge in [-0.15, -0.1) is 0 Å². The lowest BCUT2D eigenvalue weighted by molar-refractivity contribution is -0.124. The van der Waals surface area contributed by atoms with Crippen LogP contribution in [-0.2, 0) is 13.7 Å². The van der Waals surface area contributed by atoms with Crippen molar-refractivity contribution in [1.82, 2.24) is 0 Å². The van der Waals surface area contributed by atoms with Gasteiger partial charge in [0.15, 0.2) is 0 Å². The van der Waals surface area contributed by atoms with Crippen molar-refractivity contribution in [2.45, 2.75) is 6.92 Å². The van der Waals surface area contributed by atoms with Crippen LogP contribution < -0.4 is 5.73 Å². The molecule has 11 heavy (non-hydrogen) atoms. The molecule has 0 aromatic heterocycles. The predicted molar refractivity (Wildman–Crippen MR) is 43.5 cm³/mol. The van der Waals surface area contributed by atoms with Crippen LogP contribution in [0.15, 0.2) is 0 Å². The van der Waals surface area contributed by atoms with E-state index in [1.165, 1.54) is 0 Å². The first-order valence-corrected chi connectivity index (χ1v) is 6.18. The van der Waals surface area contributed by atoms with Gasteiger partial charge in [0.05, 0.1) is 11.2 Å². The Morgan fingerprint density at radius 1 is 1.64 bits per heavy atom. The summed E-state index contributed by atoms with van der Waals surface area (Å²) in [6.07, 6.45) is 0. The van der Waals surface area contributed by atoms with E-state index in [2.05, 4.69) is 0 Å². The first kappa shape index (κ1) is 8.86. The normalized spacial score (nSPS) is 35.4. The maximum Gasteiger partial charge on any atom is 0.225 e. The van der Waals surface area contributed by atoms with E-state index < -0.39 is 20.2 Å². The molecule has 1 saturated heterocycles. The number of carbonyl (C=O) groups is 1. The lowest BCUT2D eigenvalue weighted by atomic mass is 9.95. The Balaban J connectivity index is 2.90. The fourth-order valence-electron chi connectivity index (χ4n) is 0.836. The van der Waals surface area contributed by atoms with Crippen molar-refractivity contribution >= 4 is 25.6 Å². The third-order valence-electron chi connectivity index (χ3n) is 1.65. The molecule has 0 aromatic rings. The van der Waals surface area contributed by atoms with E-state index >= 15 is 0 Å². The van der Waals surface area contributed by atoms with E-state index in [4.69, 9.17) is 5.73 Å². The molecule has 6 heteroatoms. The molecule has 1 aliphatic rings. The van der Waals surface area contributed by atoms with Crippen LogP contribution in [0, 0.1) is 5.41 Å². The Kier molecular flexibility index (Phi) is 1.92. The first-order chi connectivity index (χ1) is 4.86. The van der Waals surface area contributed by atoms with Crippen molar-refractivity contribution in [1.29, 1.82) is 0 Å². The zero-order valence-corrected chi connectivity index (χ0v) is 7.67. The third kappa shape index (κ3) is 1.67. The number of carbonyl (C=O) groups excluding carboxylic acids is 1. The summed E-state index contributed by atoms with van der Waals surface area (Å²) in [5.74, 6) is -0.379. The van der Waals surface area contributed by atoms with Crippen LogP contribution in [0.4, 0.5) is 0 Å². The zero-order chi connectivity index (χ0) is 8.70. The number of rotatable bonds is 1. The summed E-state index contributed by atoms with van der Waals surface area (Å²) < 4.78 is 21.8. The van der Waals surface area contributed by atoms with Crippen LogP contribution in [-0.4, -0.2) is 25.8 Å². The Bertz CT molecular complexity index is 284. The largest absolute Gasteiger partial charge is 0.369 e. The van der Waals surface area contributed by atoms with Crippen LogP contribution in [0.25, 0.3) is 0 Å². The fourth-order valence-corrected chi connectivity index (χ4v) is 5.11. The second kappa shape index (κ2) is 2.38. The summed E-state index contributed by atoms with van der Waals surface area (Å²) in [4.78, 5) is 10.8. The van der Waals surface area contributed by atoms with Crippen LogP contribution >= 0.6 is 10.8 Å². The van der Waals surface area contributed by atoms with Gasteiger partial charge in [0.2, 0.25) is 14.8 Å². The van der Waals surface area contributed by atoms with E-state index in [1.807, 2.05) is 0 Å². The molecule has 4 nitrogen and oxygen atoms in total.